The average molecular weight is 198 g/mol. The zero-order chi connectivity index (χ0) is 10.7. The molecule has 1 aliphatic rings. The zero-order valence-electron chi connectivity index (χ0n) is 9.71. The van der Waals surface area contributed by atoms with Crippen LogP contribution in [0.4, 0.5) is 0 Å². The van der Waals surface area contributed by atoms with E-state index in [1.807, 2.05) is 11.9 Å². The van der Waals surface area contributed by atoms with Gasteiger partial charge in [-0.05, 0) is 18.8 Å². The Morgan fingerprint density at radius 3 is 2.64 bits per heavy atom. The molecule has 0 aromatic rings. The molecule has 82 valence electrons. The average Bonchev–Trinajstić information content (AvgIpc) is 2.34. The summed E-state index contributed by atoms with van der Waals surface area (Å²) in [7, 11) is 1.90. The van der Waals surface area contributed by atoms with Gasteiger partial charge in [-0.2, -0.15) is 0 Å². The molecule has 1 saturated heterocycles. The fourth-order valence-corrected chi connectivity index (χ4v) is 2.01. The Morgan fingerprint density at radius 2 is 2.14 bits per heavy atom. The number of carbonyl (C=O) groups excluding carboxylic acids is 1. The molecule has 0 aliphatic carbocycles. The fraction of sp³-hybridized carbons (Fsp3) is 0.909. The lowest BCUT2D eigenvalue weighted by atomic mass is 10.0. The summed E-state index contributed by atoms with van der Waals surface area (Å²) in [6.07, 6.45) is 3.38. The third-order valence-electron chi connectivity index (χ3n) is 2.78. The Balaban J connectivity index is 2.53. The molecular weight excluding hydrogens is 176 g/mol. The van der Waals surface area contributed by atoms with Gasteiger partial charge in [0.1, 0.15) is 0 Å². The molecule has 1 fully saturated rings. The number of nitrogens with one attached hydrogen (secondary N) is 1. The summed E-state index contributed by atoms with van der Waals surface area (Å²) >= 11 is 0. The second-order valence-electron chi connectivity index (χ2n) is 4.60. The van der Waals surface area contributed by atoms with Crippen molar-refractivity contribution < 1.29 is 4.79 Å². The van der Waals surface area contributed by atoms with Crippen molar-refractivity contribution in [3.63, 3.8) is 0 Å². The summed E-state index contributed by atoms with van der Waals surface area (Å²) in [6, 6.07) is 0.0524. The molecule has 14 heavy (non-hydrogen) atoms. The van der Waals surface area contributed by atoms with Gasteiger partial charge in [0.25, 0.3) is 0 Å². The van der Waals surface area contributed by atoms with Crippen LogP contribution in [0, 0.1) is 5.92 Å². The van der Waals surface area contributed by atoms with Crippen molar-refractivity contribution in [2.75, 3.05) is 7.05 Å². The lowest BCUT2D eigenvalue weighted by molar-refractivity contribution is -0.129. The van der Waals surface area contributed by atoms with Crippen LogP contribution in [0.15, 0.2) is 0 Å². The maximum absolute atomic E-state index is 11.8. The van der Waals surface area contributed by atoms with Gasteiger partial charge in [-0.1, -0.05) is 27.2 Å². The van der Waals surface area contributed by atoms with Crippen LogP contribution in [0.25, 0.3) is 0 Å². The standard InChI is InChI=1S/C11H22N2O/c1-5-6-10-12-9(7-8(2)3)11(14)13(10)4/h8-10,12H,5-7H2,1-4H3. The van der Waals surface area contributed by atoms with Crippen LogP contribution < -0.4 is 5.32 Å². The highest BCUT2D eigenvalue weighted by molar-refractivity contribution is 5.84. The Kier molecular flexibility index (Phi) is 3.93. The molecule has 0 aromatic heterocycles. The number of hydrogen-bond donors (Lipinski definition) is 1. The van der Waals surface area contributed by atoms with E-state index in [4.69, 9.17) is 0 Å². The van der Waals surface area contributed by atoms with Crippen molar-refractivity contribution in [3.8, 4) is 0 Å². The quantitative estimate of drug-likeness (QED) is 0.744. The number of hydrogen-bond acceptors (Lipinski definition) is 2. The van der Waals surface area contributed by atoms with E-state index in [0.717, 1.165) is 19.3 Å². The van der Waals surface area contributed by atoms with Crippen molar-refractivity contribution in [2.24, 2.45) is 5.92 Å². The van der Waals surface area contributed by atoms with E-state index in [1.54, 1.807) is 0 Å². The summed E-state index contributed by atoms with van der Waals surface area (Å²) in [5.74, 6) is 0.836. The Morgan fingerprint density at radius 1 is 1.50 bits per heavy atom. The summed E-state index contributed by atoms with van der Waals surface area (Å²) in [5, 5.41) is 3.40. The predicted molar refractivity (Wildman–Crippen MR) is 57.8 cm³/mol. The van der Waals surface area contributed by atoms with Crippen molar-refractivity contribution in [2.45, 2.75) is 52.2 Å². The highest BCUT2D eigenvalue weighted by Crippen LogP contribution is 2.17. The monoisotopic (exact) mass is 198 g/mol. The Bertz CT molecular complexity index is 203. The second-order valence-corrected chi connectivity index (χ2v) is 4.60. The highest BCUT2D eigenvalue weighted by Gasteiger charge is 2.35. The summed E-state index contributed by atoms with van der Waals surface area (Å²) in [4.78, 5) is 13.6. The minimum atomic E-state index is 0.0524. The molecule has 2 atom stereocenters. The molecule has 2 unspecified atom stereocenters. The number of likely N-dealkylation sites (N-methyl/N-ethyl adjacent to an activating group) is 1. The largest absolute Gasteiger partial charge is 0.329 e. The summed E-state index contributed by atoms with van der Waals surface area (Å²) < 4.78 is 0. The number of amides is 1. The molecule has 0 saturated carbocycles. The van der Waals surface area contributed by atoms with Gasteiger partial charge in [0, 0.05) is 7.05 Å². The molecule has 3 nitrogen and oxygen atoms in total. The van der Waals surface area contributed by atoms with Crippen LogP contribution in [0.1, 0.15) is 40.0 Å². The molecule has 1 N–H and O–H groups in total. The molecule has 0 bridgehead atoms. The normalized spacial score (nSPS) is 27.8. The SMILES string of the molecule is CCCC1NC(CC(C)C)C(=O)N1C. The van der Waals surface area contributed by atoms with Crippen LogP contribution in [0.2, 0.25) is 0 Å². The van der Waals surface area contributed by atoms with E-state index in [9.17, 15) is 4.79 Å². The second kappa shape index (κ2) is 4.78. The number of nitrogens with zero attached hydrogens (tertiary/aromatic N) is 1. The van der Waals surface area contributed by atoms with E-state index in [1.165, 1.54) is 0 Å². The molecule has 0 radical (unpaired) electrons. The number of carbonyl (C=O) groups is 1. The molecule has 0 spiro atoms. The summed E-state index contributed by atoms with van der Waals surface area (Å²) in [5.41, 5.74) is 0. The van der Waals surface area contributed by atoms with Crippen LogP contribution >= 0.6 is 0 Å². The molecule has 1 heterocycles. The molecule has 1 amide bonds. The first-order chi connectivity index (χ1) is 6.56. The van der Waals surface area contributed by atoms with Crippen LogP contribution in [-0.4, -0.2) is 30.1 Å². The van der Waals surface area contributed by atoms with Crippen LogP contribution in [0.3, 0.4) is 0 Å². The smallest absolute Gasteiger partial charge is 0.240 e. The summed E-state index contributed by atoms with van der Waals surface area (Å²) in [6.45, 7) is 6.46. The fourth-order valence-electron chi connectivity index (χ4n) is 2.01. The van der Waals surface area contributed by atoms with Crippen molar-refractivity contribution in [1.29, 1.82) is 0 Å². The highest BCUT2D eigenvalue weighted by atomic mass is 16.2. The third kappa shape index (κ3) is 2.47. The first kappa shape index (κ1) is 11.5. The van der Waals surface area contributed by atoms with Gasteiger partial charge < -0.3 is 4.90 Å². The minimum Gasteiger partial charge on any atom is -0.329 e. The van der Waals surface area contributed by atoms with Crippen LogP contribution in [-0.2, 0) is 4.79 Å². The van der Waals surface area contributed by atoms with Gasteiger partial charge in [-0.25, -0.2) is 0 Å². The molecule has 3 heteroatoms. The first-order valence-corrected chi connectivity index (χ1v) is 5.59. The van der Waals surface area contributed by atoms with Gasteiger partial charge in [0.05, 0.1) is 12.2 Å². The van der Waals surface area contributed by atoms with Crippen molar-refractivity contribution in [1.82, 2.24) is 10.2 Å². The zero-order valence-corrected chi connectivity index (χ0v) is 9.71. The van der Waals surface area contributed by atoms with E-state index in [2.05, 4.69) is 26.1 Å². The molecule has 0 aromatic carbocycles. The van der Waals surface area contributed by atoms with Crippen LogP contribution in [0.5, 0.6) is 0 Å². The number of rotatable bonds is 4. The van der Waals surface area contributed by atoms with Crippen molar-refractivity contribution in [3.05, 3.63) is 0 Å². The van der Waals surface area contributed by atoms with E-state index < -0.39 is 0 Å². The maximum atomic E-state index is 11.8. The van der Waals surface area contributed by atoms with Gasteiger partial charge in [0.15, 0.2) is 0 Å². The minimum absolute atomic E-state index is 0.0524. The van der Waals surface area contributed by atoms with Crippen molar-refractivity contribution >= 4 is 5.91 Å². The Hall–Kier alpha value is -0.570. The lowest BCUT2D eigenvalue weighted by Crippen LogP contribution is -2.34. The first-order valence-electron chi connectivity index (χ1n) is 5.59. The molecular formula is C11H22N2O. The van der Waals surface area contributed by atoms with Gasteiger partial charge in [-0.15, -0.1) is 0 Å². The van der Waals surface area contributed by atoms with Gasteiger partial charge >= 0.3 is 0 Å². The lowest BCUT2D eigenvalue weighted by Gasteiger charge is -2.17. The topological polar surface area (TPSA) is 32.3 Å². The molecule has 1 aliphatic heterocycles. The maximum Gasteiger partial charge on any atom is 0.240 e. The van der Waals surface area contributed by atoms with Gasteiger partial charge in [0.2, 0.25) is 5.91 Å². The molecule has 1 rings (SSSR count). The van der Waals surface area contributed by atoms with E-state index >= 15 is 0 Å². The van der Waals surface area contributed by atoms with E-state index in [0.29, 0.717) is 5.92 Å². The van der Waals surface area contributed by atoms with E-state index in [-0.39, 0.29) is 18.1 Å². The third-order valence-corrected chi connectivity index (χ3v) is 2.78. The van der Waals surface area contributed by atoms with Gasteiger partial charge in [-0.3, -0.25) is 10.1 Å². The Labute approximate surface area is 86.9 Å². The predicted octanol–water partition coefficient (Wildman–Crippen LogP) is 1.59.